The Morgan fingerprint density at radius 1 is 1.05 bits per heavy atom. The molecule has 1 aromatic heterocycles. The Kier molecular flexibility index (Phi) is 4.07. The van der Waals surface area contributed by atoms with E-state index >= 15 is 0 Å². The zero-order valence-electron chi connectivity index (χ0n) is 10.7. The lowest BCUT2D eigenvalue weighted by molar-refractivity contribution is 0.112. The molecular formula is C14H14N2O3. The molecule has 1 heterocycles. The molecule has 0 fully saturated rings. The first-order valence-corrected chi connectivity index (χ1v) is 5.90. The van der Waals surface area contributed by atoms with Crippen molar-refractivity contribution in [3.63, 3.8) is 0 Å². The minimum Gasteiger partial charge on any atom is -0.471 e. The van der Waals surface area contributed by atoms with Gasteiger partial charge in [0.05, 0.1) is 6.10 Å². The van der Waals surface area contributed by atoms with Gasteiger partial charge < -0.3 is 9.47 Å². The molecule has 0 saturated carbocycles. The predicted molar refractivity (Wildman–Crippen MR) is 69.7 cm³/mol. The summed E-state index contributed by atoms with van der Waals surface area (Å²) in [5.41, 5.74) is 0.588. The summed E-state index contributed by atoms with van der Waals surface area (Å²) in [6.45, 7) is 3.80. The van der Waals surface area contributed by atoms with E-state index in [-0.39, 0.29) is 6.10 Å². The summed E-state index contributed by atoms with van der Waals surface area (Å²) >= 11 is 0. The van der Waals surface area contributed by atoms with Gasteiger partial charge in [0.15, 0.2) is 0 Å². The van der Waals surface area contributed by atoms with Crippen LogP contribution in [0.2, 0.25) is 0 Å². The van der Waals surface area contributed by atoms with Crippen molar-refractivity contribution in [2.24, 2.45) is 0 Å². The van der Waals surface area contributed by atoms with Crippen molar-refractivity contribution >= 4 is 6.29 Å². The van der Waals surface area contributed by atoms with Crippen molar-refractivity contribution in [1.82, 2.24) is 9.97 Å². The van der Waals surface area contributed by atoms with Gasteiger partial charge >= 0.3 is 0 Å². The summed E-state index contributed by atoms with van der Waals surface area (Å²) in [6.07, 6.45) is 3.83. The van der Waals surface area contributed by atoms with E-state index in [4.69, 9.17) is 9.47 Å². The van der Waals surface area contributed by atoms with Crippen molar-refractivity contribution in [2.45, 2.75) is 20.0 Å². The summed E-state index contributed by atoms with van der Waals surface area (Å²) in [5, 5.41) is 0. The highest BCUT2D eigenvalue weighted by Gasteiger charge is 2.10. The summed E-state index contributed by atoms with van der Waals surface area (Å²) in [5.74, 6) is 1.21. The number of carbonyl (C=O) groups is 1. The molecule has 0 aliphatic carbocycles. The quantitative estimate of drug-likeness (QED) is 0.772. The largest absolute Gasteiger partial charge is 0.471 e. The second-order valence-corrected chi connectivity index (χ2v) is 4.12. The third-order valence-corrected chi connectivity index (χ3v) is 2.21. The van der Waals surface area contributed by atoms with Gasteiger partial charge in [-0.05, 0) is 38.1 Å². The standard InChI is InChI=1S/C14H14N2O3/c1-10(2)18-13-14(16-8-7-15-13)19-12-5-3-11(9-17)4-6-12/h3-10H,1-2H3. The molecule has 0 atom stereocenters. The molecule has 2 aromatic rings. The molecule has 0 unspecified atom stereocenters. The molecular weight excluding hydrogens is 244 g/mol. The third kappa shape index (κ3) is 3.51. The highest BCUT2D eigenvalue weighted by atomic mass is 16.5. The summed E-state index contributed by atoms with van der Waals surface area (Å²) < 4.78 is 11.1. The second kappa shape index (κ2) is 5.95. The van der Waals surface area contributed by atoms with E-state index in [9.17, 15) is 4.79 Å². The molecule has 5 nitrogen and oxygen atoms in total. The molecule has 0 amide bonds. The van der Waals surface area contributed by atoms with Gasteiger partial charge in [-0.3, -0.25) is 4.79 Å². The average Bonchev–Trinajstić information content (AvgIpc) is 2.41. The first kappa shape index (κ1) is 13.0. The maximum atomic E-state index is 10.6. The lowest BCUT2D eigenvalue weighted by Gasteiger charge is -2.12. The van der Waals surface area contributed by atoms with Crippen LogP contribution in [0.25, 0.3) is 0 Å². The molecule has 0 radical (unpaired) electrons. The number of aromatic nitrogens is 2. The fourth-order valence-electron chi connectivity index (χ4n) is 1.41. The molecule has 1 aromatic carbocycles. The van der Waals surface area contributed by atoms with E-state index in [0.29, 0.717) is 23.1 Å². The molecule has 98 valence electrons. The predicted octanol–water partition coefficient (Wildman–Crippen LogP) is 2.87. The van der Waals surface area contributed by atoms with Gasteiger partial charge in [0.1, 0.15) is 12.0 Å². The molecule has 0 N–H and O–H groups in total. The molecule has 0 aliphatic heterocycles. The van der Waals surface area contributed by atoms with Crippen molar-refractivity contribution in [2.75, 3.05) is 0 Å². The molecule has 0 bridgehead atoms. The first-order valence-electron chi connectivity index (χ1n) is 5.90. The van der Waals surface area contributed by atoms with Gasteiger partial charge in [-0.25, -0.2) is 9.97 Å². The van der Waals surface area contributed by atoms with E-state index in [0.717, 1.165) is 6.29 Å². The first-order chi connectivity index (χ1) is 9.19. The molecule has 0 aliphatic rings. The zero-order chi connectivity index (χ0) is 13.7. The maximum Gasteiger partial charge on any atom is 0.283 e. The molecule has 0 saturated heterocycles. The van der Waals surface area contributed by atoms with Crippen LogP contribution in [-0.4, -0.2) is 22.4 Å². The number of aldehydes is 1. The van der Waals surface area contributed by atoms with Crippen molar-refractivity contribution in [1.29, 1.82) is 0 Å². The Labute approximate surface area is 111 Å². The second-order valence-electron chi connectivity index (χ2n) is 4.12. The molecule has 2 rings (SSSR count). The zero-order valence-corrected chi connectivity index (χ0v) is 10.7. The number of ether oxygens (including phenoxy) is 2. The van der Waals surface area contributed by atoms with Crippen LogP contribution in [-0.2, 0) is 0 Å². The minimum absolute atomic E-state index is 0.0171. The van der Waals surface area contributed by atoms with Crippen molar-refractivity contribution < 1.29 is 14.3 Å². The topological polar surface area (TPSA) is 61.3 Å². The van der Waals surface area contributed by atoms with Crippen molar-refractivity contribution in [3.05, 3.63) is 42.2 Å². The van der Waals surface area contributed by atoms with Crippen LogP contribution < -0.4 is 9.47 Å². The lowest BCUT2D eigenvalue weighted by Crippen LogP contribution is -2.08. The number of hydrogen-bond acceptors (Lipinski definition) is 5. The van der Waals surface area contributed by atoms with E-state index in [2.05, 4.69) is 9.97 Å². The van der Waals surface area contributed by atoms with Crippen LogP contribution in [0, 0.1) is 0 Å². The monoisotopic (exact) mass is 258 g/mol. The van der Waals surface area contributed by atoms with Gasteiger partial charge in [0.2, 0.25) is 0 Å². The number of benzene rings is 1. The number of nitrogens with zero attached hydrogens (tertiary/aromatic N) is 2. The Morgan fingerprint density at radius 2 is 1.68 bits per heavy atom. The van der Waals surface area contributed by atoms with Crippen LogP contribution >= 0.6 is 0 Å². The highest BCUT2D eigenvalue weighted by Crippen LogP contribution is 2.27. The Balaban J connectivity index is 2.19. The lowest BCUT2D eigenvalue weighted by atomic mass is 10.2. The average molecular weight is 258 g/mol. The number of rotatable bonds is 5. The highest BCUT2D eigenvalue weighted by molar-refractivity contribution is 5.74. The van der Waals surface area contributed by atoms with Gasteiger partial charge in [-0.15, -0.1) is 0 Å². The fourth-order valence-corrected chi connectivity index (χ4v) is 1.41. The van der Waals surface area contributed by atoms with Gasteiger partial charge in [0.25, 0.3) is 11.8 Å². The number of hydrogen-bond donors (Lipinski definition) is 0. The van der Waals surface area contributed by atoms with E-state index in [1.54, 1.807) is 30.5 Å². The Bertz CT molecular complexity index is 553. The van der Waals surface area contributed by atoms with Crippen LogP contribution in [0.4, 0.5) is 0 Å². The normalized spacial score (nSPS) is 10.3. The summed E-state index contributed by atoms with van der Waals surface area (Å²) in [4.78, 5) is 18.7. The van der Waals surface area contributed by atoms with Gasteiger partial charge in [0, 0.05) is 18.0 Å². The Hall–Kier alpha value is -2.43. The minimum atomic E-state index is -0.0171. The Morgan fingerprint density at radius 3 is 2.26 bits per heavy atom. The van der Waals surface area contributed by atoms with Crippen LogP contribution in [0.1, 0.15) is 24.2 Å². The van der Waals surface area contributed by atoms with Gasteiger partial charge in [-0.2, -0.15) is 0 Å². The number of carbonyl (C=O) groups excluding carboxylic acids is 1. The van der Waals surface area contributed by atoms with E-state index in [1.165, 1.54) is 6.20 Å². The smallest absolute Gasteiger partial charge is 0.283 e. The van der Waals surface area contributed by atoms with Crippen molar-refractivity contribution in [3.8, 4) is 17.5 Å². The van der Waals surface area contributed by atoms with E-state index in [1.807, 2.05) is 13.8 Å². The molecule has 19 heavy (non-hydrogen) atoms. The van der Waals surface area contributed by atoms with Crippen LogP contribution in [0.5, 0.6) is 17.5 Å². The SMILES string of the molecule is CC(C)Oc1nccnc1Oc1ccc(C=O)cc1. The van der Waals surface area contributed by atoms with Crippen LogP contribution in [0.15, 0.2) is 36.7 Å². The summed E-state index contributed by atoms with van der Waals surface area (Å²) in [6, 6.07) is 6.72. The molecule has 5 heteroatoms. The molecule has 0 spiro atoms. The van der Waals surface area contributed by atoms with Gasteiger partial charge in [-0.1, -0.05) is 0 Å². The fraction of sp³-hybridized carbons (Fsp3) is 0.214. The van der Waals surface area contributed by atoms with Crippen LogP contribution in [0.3, 0.4) is 0 Å². The maximum absolute atomic E-state index is 10.6. The third-order valence-electron chi connectivity index (χ3n) is 2.21. The van der Waals surface area contributed by atoms with E-state index < -0.39 is 0 Å². The summed E-state index contributed by atoms with van der Waals surface area (Å²) in [7, 11) is 0.